The second-order valence-electron chi connectivity index (χ2n) is 5.35. The van der Waals surface area contributed by atoms with Crippen LogP contribution in [0.25, 0.3) is 11.1 Å². The van der Waals surface area contributed by atoms with Gasteiger partial charge in [-0.25, -0.2) is 4.39 Å². The molecule has 1 aliphatic rings. The molecule has 2 aromatic carbocycles. The lowest BCUT2D eigenvalue weighted by Crippen LogP contribution is -2.26. The smallest absolute Gasteiger partial charge is 0.123 e. The molecule has 1 atom stereocenters. The van der Waals surface area contributed by atoms with Gasteiger partial charge < -0.3 is 10.6 Å². The van der Waals surface area contributed by atoms with Crippen LogP contribution in [0.5, 0.6) is 0 Å². The minimum Gasteiger partial charge on any atom is -0.369 e. The van der Waals surface area contributed by atoms with E-state index >= 15 is 0 Å². The average Bonchev–Trinajstić information content (AvgIpc) is 2.94. The number of rotatable bonds is 2. The van der Waals surface area contributed by atoms with Crippen molar-refractivity contribution < 1.29 is 4.39 Å². The van der Waals surface area contributed by atoms with Crippen LogP contribution < -0.4 is 10.6 Å². The van der Waals surface area contributed by atoms with Gasteiger partial charge >= 0.3 is 0 Å². The van der Waals surface area contributed by atoms with Crippen molar-refractivity contribution in [2.24, 2.45) is 5.73 Å². The Labute approximate surface area is 135 Å². The van der Waals surface area contributed by atoms with E-state index in [9.17, 15) is 9.65 Å². The fraction of sp³-hybridized carbons (Fsp3) is 0.235. The van der Waals surface area contributed by atoms with Crippen molar-refractivity contribution in [1.29, 1.82) is 5.26 Å². The van der Waals surface area contributed by atoms with Crippen LogP contribution in [0.3, 0.4) is 0 Å². The van der Waals surface area contributed by atoms with E-state index in [2.05, 4.69) is 11.0 Å². The van der Waals surface area contributed by atoms with Gasteiger partial charge in [0.2, 0.25) is 0 Å². The van der Waals surface area contributed by atoms with Crippen LogP contribution in [0.4, 0.5) is 10.1 Å². The zero-order chi connectivity index (χ0) is 14.8. The minimum atomic E-state index is -0.262. The zero-order valence-corrected chi connectivity index (χ0v) is 12.8. The Morgan fingerprint density at radius 2 is 1.82 bits per heavy atom. The van der Waals surface area contributed by atoms with E-state index in [-0.39, 0.29) is 24.3 Å². The molecule has 0 aromatic heterocycles. The summed E-state index contributed by atoms with van der Waals surface area (Å²) >= 11 is 0. The van der Waals surface area contributed by atoms with Gasteiger partial charge in [0.25, 0.3) is 0 Å². The largest absolute Gasteiger partial charge is 0.369 e. The topological polar surface area (TPSA) is 53.0 Å². The molecule has 114 valence electrons. The molecule has 0 saturated carbocycles. The number of nitrogens with zero attached hydrogens (tertiary/aromatic N) is 2. The Bertz CT molecular complexity index is 694. The van der Waals surface area contributed by atoms with Gasteiger partial charge in [-0.3, -0.25) is 0 Å². The highest BCUT2D eigenvalue weighted by Crippen LogP contribution is 2.29. The molecule has 1 aliphatic heterocycles. The molecule has 2 aromatic rings. The van der Waals surface area contributed by atoms with Crippen molar-refractivity contribution in [2.75, 3.05) is 18.0 Å². The summed E-state index contributed by atoms with van der Waals surface area (Å²) in [5, 5.41) is 9.39. The van der Waals surface area contributed by atoms with Gasteiger partial charge in [-0.15, -0.1) is 12.4 Å². The molecule has 0 radical (unpaired) electrons. The van der Waals surface area contributed by atoms with E-state index in [1.165, 1.54) is 12.1 Å². The van der Waals surface area contributed by atoms with E-state index in [0.717, 1.165) is 36.3 Å². The molecular weight excluding hydrogens is 301 g/mol. The van der Waals surface area contributed by atoms with Crippen LogP contribution in [0, 0.1) is 17.1 Å². The van der Waals surface area contributed by atoms with Crippen molar-refractivity contribution in [3.05, 3.63) is 53.8 Å². The molecule has 0 bridgehead atoms. The maximum absolute atomic E-state index is 13.0. The first-order chi connectivity index (χ1) is 10.2. The molecule has 0 aliphatic carbocycles. The van der Waals surface area contributed by atoms with Gasteiger partial charge in [-0.1, -0.05) is 18.2 Å². The van der Waals surface area contributed by atoms with Crippen LogP contribution in [0.2, 0.25) is 0 Å². The Hall–Kier alpha value is -2.09. The van der Waals surface area contributed by atoms with E-state index in [0.29, 0.717) is 5.56 Å². The predicted molar refractivity (Wildman–Crippen MR) is 88.6 cm³/mol. The lowest BCUT2D eigenvalue weighted by Gasteiger charge is -2.20. The van der Waals surface area contributed by atoms with Gasteiger partial charge in [-0.05, 0) is 41.8 Å². The van der Waals surface area contributed by atoms with Crippen LogP contribution in [-0.2, 0) is 0 Å². The summed E-state index contributed by atoms with van der Waals surface area (Å²) in [5.74, 6) is -0.262. The Morgan fingerprint density at radius 3 is 2.41 bits per heavy atom. The summed E-state index contributed by atoms with van der Waals surface area (Å²) in [4.78, 5) is 2.15. The number of anilines is 1. The van der Waals surface area contributed by atoms with E-state index in [4.69, 9.17) is 5.73 Å². The van der Waals surface area contributed by atoms with Crippen LogP contribution in [-0.4, -0.2) is 19.1 Å². The molecule has 1 fully saturated rings. The monoisotopic (exact) mass is 317 g/mol. The summed E-state index contributed by atoms with van der Waals surface area (Å²) in [7, 11) is 0. The molecule has 3 nitrogen and oxygen atoms in total. The summed E-state index contributed by atoms with van der Waals surface area (Å²) in [6, 6.07) is 14.5. The number of halogens is 2. The highest BCUT2D eigenvalue weighted by atomic mass is 35.5. The molecule has 5 heteroatoms. The molecule has 1 heterocycles. The molecule has 2 N–H and O–H groups in total. The standard InChI is InChI=1S/C17H16FN3.ClH/c18-15-4-1-12(2-5-15)13-3-6-17(14(9-13)10-19)21-8-7-16(20)11-21;/h1-6,9,16H,7-8,11,20H2;1H/t16-;/m0./s1. The predicted octanol–water partition coefficient (Wildman–Crippen LogP) is 3.32. The summed E-state index contributed by atoms with van der Waals surface area (Å²) < 4.78 is 13.0. The zero-order valence-electron chi connectivity index (χ0n) is 12.0. The maximum Gasteiger partial charge on any atom is 0.123 e. The highest BCUT2D eigenvalue weighted by molar-refractivity contribution is 5.85. The minimum absolute atomic E-state index is 0. The first-order valence-electron chi connectivity index (χ1n) is 6.98. The summed E-state index contributed by atoms with van der Waals surface area (Å²) in [6.45, 7) is 1.66. The Balaban J connectivity index is 0.00000176. The first kappa shape index (κ1) is 16.3. The molecular formula is C17H17ClFN3. The summed E-state index contributed by atoms with van der Waals surface area (Å²) in [6.07, 6.45) is 0.949. The molecule has 3 rings (SSSR count). The maximum atomic E-state index is 13.0. The van der Waals surface area contributed by atoms with E-state index in [1.807, 2.05) is 18.2 Å². The molecule has 0 amide bonds. The van der Waals surface area contributed by atoms with Gasteiger partial charge in [0.05, 0.1) is 11.3 Å². The Morgan fingerprint density at radius 1 is 1.14 bits per heavy atom. The van der Waals surface area contributed by atoms with E-state index < -0.39 is 0 Å². The van der Waals surface area contributed by atoms with E-state index in [1.54, 1.807) is 12.1 Å². The number of nitrogens with two attached hydrogens (primary N) is 1. The fourth-order valence-electron chi connectivity index (χ4n) is 2.73. The van der Waals surface area contributed by atoms with Crippen molar-refractivity contribution >= 4 is 18.1 Å². The Kier molecular flexibility index (Phi) is 5.02. The van der Waals surface area contributed by atoms with Crippen molar-refractivity contribution in [3.63, 3.8) is 0 Å². The highest BCUT2D eigenvalue weighted by Gasteiger charge is 2.21. The third kappa shape index (κ3) is 3.22. The molecule has 0 spiro atoms. The van der Waals surface area contributed by atoms with Crippen molar-refractivity contribution in [3.8, 4) is 17.2 Å². The third-order valence-corrected chi connectivity index (χ3v) is 3.86. The molecule has 22 heavy (non-hydrogen) atoms. The average molecular weight is 318 g/mol. The van der Waals surface area contributed by atoms with Crippen molar-refractivity contribution in [1.82, 2.24) is 0 Å². The third-order valence-electron chi connectivity index (χ3n) is 3.86. The number of hydrogen-bond donors (Lipinski definition) is 1. The van der Waals surface area contributed by atoms with Gasteiger partial charge in [0, 0.05) is 19.1 Å². The van der Waals surface area contributed by atoms with Gasteiger partial charge in [-0.2, -0.15) is 5.26 Å². The second-order valence-corrected chi connectivity index (χ2v) is 5.35. The number of benzene rings is 2. The lowest BCUT2D eigenvalue weighted by atomic mass is 10.0. The molecule has 1 saturated heterocycles. The van der Waals surface area contributed by atoms with Crippen LogP contribution >= 0.6 is 12.4 Å². The van der Waals surface area contributed by atoms with Crippen molar-refractivity contribution in [2.45, 2.75) is 12.5 Å². The van der Waals surface area contributed by atoms with Gasteiger partial charge in [0.15, 0.2) is 0 Å². The normalized spacial score (nSPS) is 17.0. The van der Waals surface area contributed by atoms with Crippen LogP contribution in [0.1, 0.15) is 12.0 Å². The fourth-order valence-corrected chi connectivity index (χ4v) is 2.73. The number of nitriles is 1. The first-order valence-corrected chi connectivity index (χ1v) is 6.98. The number of hydrogen-bond acceptors (Lipinski definition) is 3. The quantitative estimate of drug-likeness (QED) is 0.924. The second kappa shape index (κ2) is 6.78. The SMILES string of the molecule is Cl.N#Cc1cc(-c2ccc(F)cc2)ccc1N1CC[C@H](N)C1. The lowest BCUT2D eigenvalue weighted by molar-refractivity contribution is 0.628. The van der Waals surface area contributed by atoms with Gasteiger partial charge in [0.1, 0.15) is 11.9 Å². The molecule has 0 unspecified atom stereocenters. The summed E-state index contributed by atoms with van der Waals surface area (Å²) in [5.41, 5.74) is 9.30. The van der Waals surface area contributed by atoms with Crippen LogP contribution in [0.15, 0.2) is 42.5 Å².